The zero-order chi connectivity index (χ0) is 12.5. The van der Waals surface area contributed by atoms with Crippen molar-refractivity contribution in [1.29, 1.82) is 0 Å². The summed E-state index contributed by atoms with van der Waals surface area (Å²) in [4.78, 5) is 2.42. The van der Waals surface area contributed by atoms with Crippen LogP contribution in [0.15, 0.2) is 48.5 Å². The molecule has 0 amide bonds. The molecule has 2 aromatic rings. The van der Waals surface area contributed by atoms with Gasteiger partial charge >= 0.3 is 0 Å². The van der Waals surface area contributed by atoms with E-state index in [0.29, 0.717) is 5.92 Å². The van der Waals surface area contributed by atoms with Gasteiger partial charge in [0, 0.05) is 19.0 Å². The van der Waals surface area contributed by atoms with Crippen molar-refractivity contribution in [1.82, 2.24) is 4.90 Å². The van der Waals surface area contributed by atoms with Crippen LogP contribution in [0.2, 0.25) is 0 Å². The fourth-order valence-corrected chi connectivity index (χ4v) is 3.09. The molecule has 1 heteroatoms. The van der Waals surface area contributed by atoms with Crippen LogP contribution in [0.5, 0.6) is 0 Å². The van der Waals surface area contributed by atoms with E-state index in [4.69, 9.17) is 0 Å². The SMILES string of the molecule is Cc1cccc2c1[C@H](c1ccccc1)CN(C)C2. The van der Waals surface area contributed by atoms with Gasteiger partial charge in [-0.3, -0.25) is 0 Å². The highest BCUT2D eigenvalue weighted by Crippen LogP contribution is 2.34. The smallest absolute Gasteiger partial charge is 0.0234 e. The Morgan fingerprint density at radius 3 is 2.56 bits per heavy atom. The highest BCUT2D eigenvalue weighted by molar-refractivity contribution is 5.44. The Hall–Kier alpha value is -1.60. The average Bonchev–Trinajstić information content (AvgIpc) is 2.39. The van der Waals surface area contributed by atoms with E-state index in [1.165, 1.54) is 16.7 Å². The molecule has 0 aromatic heterocycles. The van der Waals surface area contributed by atoms with E-state index in [0.717, 1.165) is 13.1 Å². The topological polar surface area (TPSA) is 3.24 Å². The molecule has 0 radical (unpaired) electrons. The lowest BCUT2D eigenvalue weighted by Crippen LogP contribution is -2.31. The summed E-state index contributed by atoms with van der Waals surface area (Å²) >= 11 is 0. The van der Waals surface area contributed by atoms with Gasteiger partial charge in [-0.15, -0.1) is 0 Å². The van der Waals surface area contributed by atoms with Gasteiger partial charge < -0.3 is 4.90 Å². The number of hydrogen-bond donors (Lipinski definition) is 0. The Balaban J connectivity index is 2.13. The molecule has 0 N–H and O–H groups in total. The van der Waals surface area contributed by atoms with E-state index >= 15 is 0 Å². The van der Waals surface area contributed by atoms with Crippen molar-refractivity contribution in [3.05, 3.63) is 70.8 Å². The van der Waals surface area contributed by atoms with Crippen LogP contribution in [-0.4, -0.2) is 18.5 Å². The number of benzene rings is 2. The second-order valence-electron chi connectivity index (χ2n) is 5.31. The first kappa shape index (κ1) is 11.5. The minimum atomic E-state index is 0.515. The van der Waals surface area contributed by atoms with Crippen LogP contribution >= 0.6 is 0 Å². The first-order chi connectivity index (χ1) is 8.75. The molecular weight excluding hydrogens is 218 g/mol. The summed E-state index contributed by atoms with van der Waals surface area (Å²) in [6.07, 6.45) is 0. The molecule has 1 atom stereocenters. The Morgan fingerprint density at radius 2 is 1.78 bits per heavy atom. The Labute approximate surface area is 109 Å². The normalized spacial score (nSPS) is 19.6. The Bertz CT molecular complexity index is 545. The summed E-state index contributed by atoms with van der Waals surface area (Å²) in [7, 11) is 2.21. The third-order valence-corrected chi connectivity index (χ3v) is 3.90. The Kier molecular flexibility index (Phi) is 2.92. The van der Waals surface area contributed by atoms with E-state index in [1.807, 2.05) is 0 Å². The molecule has 0 saturated carbocycles. The van der Waals surface area contributed by atoms with Gasteiger partial charge in [-0.25, -0.2) is 0 Å². The molecule has 0 saturated heterocycles. The third-order valence-electron chi connectivity index (χ3n) is 3.90. The number of fused-ring (bicyclic) bond motifs is 1. The molecule has 92 valence electrons. The van der Waals surface area contributed by atoms with Crippen molar-refractivity contribution in [2.75, 3.05) is 13.6 Å². The molecule has 2 aromatic carbocycles. The lowest BCUT2D eigenvalue weighted by molar-refractivity contribution is 0.294. The summed E-state index contributed by atoms with van der Waals surface area (Å²) in [6.45, 7) is 4.42. The van der Waals surface area contributed by atoms with Crippen molar-refractivity contribution >= 4 is 0 Å². The van der Waals surface area contributed by atoms with Gasteiger partial charge in [-0.1, -0.05) is 48.5 Å². The molecule has 18 heavy (non-hydrogen) atoms. The van der Waals surface area contributed by atoms with Crippen LogP contribution in [0.4, 0.5) is 0 Å². The number of rotatable bonds is 1. The zero-order valence-corrected chi connectivity index (χ0v) is 11.1. The molecule has 0 spiro atoms. The predicted octanol–water partition coefficient (Wildman–Crippen LogP) is 3.57. The van der Waals surface area contributed by atoms with Gasteiger partial charge in [0.05, 0.1) is 0 Å². The van der Waals surface area contributed by atoms with Gasteiger partial charge in [-0.2, -0.15) is 0 Å². The van der Waals surface area contributed by atoms with E-state index in [9.17, 15) is 0 Å². The van der Waals surface area contributed by atoms with Gasteiger partial charge in [-0.05, 0) is 36.2 Å². The monoisotopic (exact) mass is 237 g/mol. The van der Waals surface area contributed by atoms with E-state index in [1.54, 1.807) is 5.56 Å². The maximum Gasteiger partial charge on any atom is 0.0234 e. The van der Waals surface area contributed by atoms with Gasteiger partial charge in [0.25, 0.3) is 0 Å². The highest BCUT2D eigenvalue weighted by Gasteiger charge is 2.25. The molecule has 0 bridgehead atoms. The Morgan fingerprint density at radius 1 is 1.00 bits per heavy atom. The first-order valence-electron chi connectivity index (χ1n) is 6.57. The second kappa shape index (κ2) is 4.58. The molecular formula is C17H19N. The van der Waals surface area contributed by atoms with E-state index < -0.39 is 0 Å². The molecule has 1 aliphatic heterocycles. The average molecular weight is 237 g/mol. The van der Waals surface area contributed by atoms with Gasteiger partial charge in [0.15, 0.2) is 0 Å². The maximum absolute atomic E-state index is 2.42. The van der Waals surface area contributed by atoms with Crippen LogP contribution in [-0.2, 0) is 6.54 Å². The van der Waals surface area contributed by atoms with Gasteiger partial charge in [0.2, 0.25) is 0 Å². The second-order valence-corrected chi connectivity index (χ2v) is 5.31. The van der Waals surface area contributed by atoms with Crippen LogP contribution in [0, 0.1) is 6.92 Å². The summed E-state index contributed by atoms with van der Waals surface area (Å²) in [6, 6.07) is 17.6. The summed E-state index contributed by atoms with van der Waals surface area (Å²) in [5, 5.41) is 0. The maximum atomic E-state index is 2.42. The van der Waals surface area contributed by atoms with E-state index in [-0.39, 0.29) is 0 Å². The number of nitrogens with zero attached hydrogens (tertiary/aromatic N) is 1. The molecule has 1 aliphatic rings. The summed E-state index contributed by atoms with van der Waals surface area (Å²) in [5.41, 5.74) is 5.88. The highest BCUT2D eigenvalue weighted by atomic mass is 15.1. The molecule has 0 fully saturated rings. The predicted molar refractivity (Wildman–Crippen MR) is 75.8 cm³/mol. The molecule has 1 heterocycles. The quantitative estimate of drug-likeness (QED) is 0.733. The number of likely N-dealkylation sites (N-methyl/N-ethyl adjacent to an activating group) is 1. The molecule has 3 rings (SSSR count). The van der Waals surface area contributed by atoms with Crippen LogP contribution < -0.4 is 0 Å². The van der Waals surface area contributed by atoms with Crippen molar-refractivity contribution < 1.29 is 0 Å². The molecule has 0 unspecified atom stereocenters. The summed E-state index contributed by atoms with van der Waals surface area (Å²) < 4.78 is 0. The zero-order valence-electron chi connectivity index (χ0n) is 11.1. The number of hydrogen-bond acceptors (Lipinski definition) is 1. The standard InChI is InChI=1S/C17H19N/c1-13-7-6-10-15-11-18(2)12-16(17(13)15)14-8-4-3-5-9-14/h3-10,16H,11-12H2,1-2H3/t16-/m0/s1. The van der Waals surface area contributed by atoms with Crippen molar-refractivity contribution in [2.24, 2.45) is 0 Å². The first-order valence-corrected chi connectivity index (χ1v) is 6.57. The minimum absolute atomic E-state index is 0.515. The van der Waals surface area contributed by atoms with Crippen LogP contribution in [0.3, 0.4) is 0 Å². The van der Waals surface area contributed by atoms with Crippen molar-refractivity contribution in [3.63, 3.8) is 0 Å². The largest absolute Gasteiger partial charge is 0.301 e. The fraction of sp³-hybridized carbons (Fsp3) is 0.294. The molecule has 0 aliphatic carbocycles. The fourth-order valence-electron chi connectivity index (χ4n) is 3.09. The van der Waals surface area contributed by atoms with Crippen molar-refractivity contribution in [2.45, 2.75) is 19.4 Å². The minimum Gasteiger partial charge on any atom is -0.301 e. The van der Waals surface area contributed by atoms with Crippen molar-refractivity contribution in [3.8, 4) is 0 Å². The van der Waals surface area contributed by atoms with Crippen LogP contribution in [0.1, 0.15) is 28.2 Å². The number of aryl methyl sites for hydroxylation is 1. The third kappa shape index (κ3) is 1.95. The lowest BCUT2D eigenvalue weighted by Gasteiger charge is -2.33. The van der Waals surface area contributed by atoms with E-state index in [2.05, 4.69) is 67.4 Å². The lowest BCUT2D eigenvalue weighted by atomic mass is 9.82. The van der Waals surface area contributed by atoms with Gasteiger partial charge in [0.1, 0.15) is 0 Å². The molecule has 1 nitrogen and oxygen atoms in total. The summed E-state index contributed by atoms with van der Waals surface area (Å²) in [5.74, 6) is 0.515. The van der Waals surface area contributed by atoms with Crippen LogP contribution in [0.25, 0.3) is 0 Å².